The summed E-state index contributed by atoms with van der Waals surface area (Å²) in [5.74, 6) is -0.298. The maximum absolute atomic E-state index is 11.9. The molecule has 11 heavy (non-hydrogen) atoms. The van der Waals surface area contributed by atoms with Gasteiger partial charge in [-0.25, -0.2) is 13.8 Å². The van der Waals surface area contributed by atoms with Crippen LogP contribution in [0, 0.1) is 0 Å². The van der Waals surface area contributed by atoms with E-state index in [0.717, 1.165) is 0 Å². The minimum Gasteiger partial charge on any atom is -0.369 e. The van der Waals surface area contributed by atoms with Crippen LogP contribution in [0.25, 0.3) is 0 Å². The van der Waals surface area contributed by atoms with Gasteiger partial charge in [-0.05, 0) is 0 Å². The zero-order valence-corrected chi connectivity index (χ0v) is 5.34. The Morgan fingerprint density at radius 1 is 1.64 bits per heavy atom. The first kappa shape index (κ1) is 7.64. The molecule has 0 atom stereocenters. The number of nitrogen functional groups attached to an aromatic ring is 1. The van der Waals surface area contributed by atoms with Crippen molar-refractivity contribution in [2.45, 2.75) is 6.43 Å². The van der Waals surface area contributed by atoms with Gasteiger partial charge in [0.15, 0.2) is 0 Å². The van der Waals surface area contributed by atoms with E-state index in [4.69, 9.17) is 5.73 Å². The Morgan fingerprint density at radius 3 is 2.73 bits per heavy atom. The van der Waals surface area contributed by atoms with Crippen molar-refractivity contribution in [2.24, 2.45) is 0 Å². The summed E-state index contributed by atoms with van der Waals surface area (Å²) in [5.41, 5.74) is 3.72. The molecule has 0 radical (unpaired) electrons. The predicted molar refractivity (Wildman–Crippen MR) is 34.2 cm³/mol. The van der Waals surface area contributed by atoms with Gasteiger partial charge in [-0.15, -0.1) is 0 Å². The Morgan fingerprint density at radius 2 is 2.27 bits per heavy atom. The van der Waals surface area contributed by atoms with Gasteiger partial charge in [-0.2, -0.15) is 0 Å². The molecule has 0 saturated carbocycles. The highest BCUT2D eigenvalue weighted by Crippen LogP contribution is 2.13. The van der Waals surface area contributed by atoms with Gasteiger partial charge in [0, 0.05) is 6.07 Å². The van der Waals surface area contributed by atoms with Crippen LogP contribution in [0.3, 0.4) is 0 Å². The van der Waals surface area contributed by atoms with Crippen LogP contribution in [0.15, 0.2) is 10.9 Å². The van der Waals surface area contributed by atoms with Gasteiger partial charge in [0.25, 0.3) is 12.0 Å². The first-order valence-corrected chi connectivity index (χ1v) is 2.74. The number of halogens is 2. The quantitative estimate of drug-likeness (QED) is 0.621. The minimum atomic E-state index is -2.76. The fourth-order valence-corrected chi connectivity index (χ4v) is 0.608. The van der Waals surface area contributed by atoms with Gasteiger partial charge in [0.05, 0.1) is 0 Å². The number of anilines is 1. The Bertz CT molecular complexity index is 309. The highest BCUT2D eigenvalue weighted by atomic mass is 19.3. The zero-order valence-electron chi connectivity index (χ0n) is 5.34. The summed E-state index contributed by atoms with van der Waals surface area (Å²) in [5, 5.41) is 0. The molecular formula is C5H5F2N3O. The van der Waals surface area contributed by atoms with Gasteiger partial charge in [0.1, 0.15) is 5.69 Å². The van der Waals surface area contributed by atoms with Crippen LogP contribution < -0.4 is 11.3 Å². The average Bonchev–Trinajstić information content (AvgIpc) is 1.85. The number of aromatic nitrogens is 2. The monoisotopic (exact) mass is 161 g/mol. The van der Waals surface area contributed by atoms with E-state index in [1.54, 1.807) is 0 Å². The summed E-state index contributed by atoms with van der Waals surface area (Å²) in [6, 6.07) is 0.709. The fourth-order valence-electron chi connectivity index (χ4n) is 0.608. The molecule has 6 heteroatoms. The molecule has 0 spiro atoms. The third kappa shape index (κ3) is 1.73. The van der Waals surface area contributed by atoms with Gasteiger partial charge in [-0.3, -0.25) is 9.78 Å². The van der Waals surface area contributed by atoms with Crippen LogP contribution in [-0.4, -0.2) is 9.97 Å². The molecule has 0 aliphatic heterocycles. The molecule has 0 aromatic carbocycles. The third-order valence-electron chi connectivity index (χ3n) is 1.00. The van der Waals surface area contributed by atoms with Crippen LogP contribution in [0.2, 0.25) is 0 Å². The molecule has 0 bridgehead atoms. The predicted octanol–water partition coefficient (Wildman–Crippen LogP) is 0.290. The zero-order chi connectivity index (χ0) is 8.43. The average molecular weight is 161 g/mol. The molecule has 0 unspecified atom stereocenters. The van der Waals surface area contributed by atoms with E-state index in [0.29, 0.717) is 6.07 Å². The standard InChI is InChI=1S/C5H5F2N3O/c6-4(7)2-1-3(11)10-5(8)9-2/h1,4H,(H3,8,9,10,11). The number of H-pyrrole nitrogens is 1. The molecule has 0 amide bonds. The van der Waals surface area contributed by atoms with Crippen molar-refractivity contribution in [3.05, 3.63) is 22.1 Å². The van der Waals surface area contributed by atoms with Crippen molar-refractivity contribution in [3.8, 4) is 0 Å². The van der Waals surface area contributed by atoms with Crippen molar-refractivity contribution in [2.75, 3.05) is 5.73 Å². The lowest BCUT2D eigenvalue weighted by Crippen LogP contribution is -2.12. The van der Waals surface area contributed by atoms with E-state index in [1.807, 2.05) is 4.98 Å². The number of alkyl halides is 2. The molecule has 1 aromatic heterocycles. The largest absolute Gasteiger partial charge is 0.369 e. The van der Waals surface area contributed by atoms with E-state index in [1.165, 1.54) is 0 Å². The number of nitrogens with two attached hydrogens (primary N) is 1. The summed E-state index contributed by atoms with van der Waals surface area (Å²) in [4.78, 5) is 15.8. The van der Waals surface area contributed by atoms with Gasteiger partial charge in [0.2, 0.25) is 5.95 Å². The Balaban J connectivity index is 3.19. The molecule has 1 rings (SSSR count). The second kappa shape index (κ2) is 2.65. The van der Waals surface area contributed by atoms with Crippen LogP contribution in [0.5, 0.6) is 0 Å². The number of rotatable bonds is 1. The molecular weight excluding hydrogens is 156 g/mol. The fraction of sp³-hybridized carbons (Fsp3) is 0.200. The molecule has 0 aliphatic carbocycles. The maximum Gasteiger partial charge on any atom is 0.280 e. The first-order valence-electron chi connectivity index (χ1n) is 2.74. The molecule has 3 N–H and O–H groups in total. The lowest BCUT2D eigenvalue weighted by Gasteiger charge is -1.97. The Labute approximate surface area is 60.1 Å². The highest BCUT2D eigenvalue weighted by molar-refractivity contribution is 5.17. The number of hydrogen-bond acceptors (Lipinski definition) is 3. The van der Waals surface area contributed by atoms with E-state index in [-0.39, 0.29) is 5.95 Å². The number of hydrogen-bond donors (Lipinski definition) is 2. The third-order valence-corrected chi connectivity index (χ3v) is 1.00. The van der Waals surface area contributed by atoms with Gasteiger partial charge >= 0.3 is 0 Å². The van der Waals surface area contributed by atoms with Crippen molar-refractivity contribution >= 4 is 5.95 Å². The SMILES string of the molecule is Nc1nc(C(F)F)cc(=O)[nH]1. The summed E-state index contributed by atoms with van der Waals surface area (Å²) in [6.07, 6.45) is -2.76. The lowest BCUT2D eigenvalue weighted by molar-refractivity contribution is 0.146. The number of nitrogens with one attached hydrogen (secondary N) is 1. The molecule has 60 valence electrons. The van der Waals surface area contributed by atoms with Crippen LogP contribution in [-0.2, 0) is 0 Å². The molecule has 0 saturated heterocycles. The van der Waals surface area contributed by atoms with Crippen molar-refractivity contribution in [1.82, 2.24) is 9.97 Å². The van der Waals surface area contributed by atoms with Crippen LogP contribution in [0.1, 0.15) is 12.1 Å². The number of nitrogens with zero attached hydrogens (tertiary/aromatic N) is 1. The number of aromatic amines is 1. The Hall–Kier alpha value is -1.46. The lowest BCUT2D eigenvalue weighted by atomic mass is 10.4. The summed E-state index contributed by atoms with van der Waals surface area (Å²) >= 11 is 0. The molecule has 0 fully saturated rings. The van der Waals surface area contributed by atoms with E-state index in [9.17, 15) is 13.6 Å². The van der Waals surface area contributed by atoms with Crippen molar-refractivity contribution in [3.63, 3.8) is 0 Å². The highest BCUT2D eigenvalue weighted by Gasteiger charge is 2.09. The topological polar surface area (TPSA) is 71.8 Å². The maximum atomic E-state index is 11.9. The Kier molecular flexibility index (Phi) is 1.84. The smallest absolute Gasteiger partial charge is 0.280 e. The second-order valence-corrected chi connectivity index (χ2v) is 1.86. The van der Waals surface area contributed by atoms with Crippen molar-refractivity contribution < 1.29 is 8.78 Å². The first-order chi connectivity index (χ1) is 5.09. The van der Waals surface area contributed by atoms with E-state index < -0.39 is 17.7 Å². The van der Waals surface area contributed by atoms with Crippen LogP contribution in [0.4, 0.5) is 14.7 Å². The molecule has 1 heterocycles. The van der Waals surface area contributed by atoms with Gasteiger partial charge < -0.3 is 5.73 Å². The van der Waals surface area contributed by atoms with E-state index >= 15 is 0 Å². The normalized spacial score (nSPS) is 10.5. The molecule has 4 nitrogen and oxygen atoms in total. The summed E-state index contributed by atoms with van der Waals surface area (Å²) < 4.78 is 23.7. The van der Waals surface area contributed by atoms with Crippen LogP contribution >= 0.6 is 0 Å². The summed E-state index contributed by atoms with van der Waals surface area (Å²) in [6.45, 7) is 0. The minimum absolute atomic E-state index is 0.298. The van der Waals surface area contributed by atoms with E-state index in [2.05, 4.69) is 4.98 Å². The molecule has 1 aromatic rings. The van der Waals surface area contributed by atoms with Gasteiger partial charge in [-0.1, -0.05) is 0 Å². The second-order valence-electron chi connectivity index (χ2n) is 1.86. The van der Waals surface area contributed by atoms with Crippen molar-refractivity contribution in [1.29, 1.82) is 0 Å². The molecule has 0 aliphatic rings. The summed E-state index contributed by atoms with van der Waals surface area (Å²) in [7, 11) is 0.